The van der Waals surface area contributed by atoms with Crippen LogP contribution in [0.1, 0.15) is 0 Å². The van der Waals surface area contributed by atoms with Crippen LogP contribution in [0.3, 0.4) is 0 Å². The van der Waals surface area contributed by atoms with Crippen molar-refractivity contribution in [3.63, 3.8) is 0 Å². The maximum atomic E-state index is 11.4. The van der Waals surface area contributed by atoms with E-state index in [0.29, 0.717) is 11.2 Å². The summed E-state index contributed by atoms with van der Waals surface area (Å²) in [5.41, 5.74) is 0.0119. The Hall–Kier alpha value is -1.93. The molecule has 2 aromatic heterocycles. The van der Waals surface area contributed by atoms with Gasteiger partial charge in [-0.2, -0.15) is 0 Å². The van der Waals surface area contributed by atoms with Gasteiger partial charge in [-0.25, -0.2) is 9.78 Å². The predicted molar refractivity (Wildman–Crippen MR) is 51.8 cm³/mol. The maximum absolute atomic E-state index is 11.4. The molecule has 0 aliphatic rings. The van der Waals surface area contributed by atoms with E-state index in [9.17, 15) is 9.59 Å². The van der Waals surface area contributed by atoms with Gasteiger partial charge in [0.25, 0.3) is 5.56 Å². The van der Waals surface area contributed by atoms with E-state index in [0.717, 1.165) is 4.57 Å². The molecule has 2 rings (SSSR count). The molecule has 0 aliphatic carbocycles. The highest BCUT2D eigenvalue weighted by atomic mass is 17.0. The smallest absolute Gasteiger partial charge is 0.332 e. The number of nitrogens with zero attached hydrogens (tertiary/aromatic N) is 3. The van der Waals surface area contributed by atoms with Gasteiger partial charge in [0.1, 0.15) is 5.52 Å². The molecule has 2 heterocycles. The van der Waals surface area contributed by atoms with Gasteiger partial charge in [0, 0.05) is 14.1 Å². The Bertz CT molecular complexity index is 579. The van der Waals surface area contributed by atoms with Gasteiger partial charge in [0.2, 0.25) is 0 Å². The molecule has 8 heteroatoms. The Balaban J connectivity index is 0.000000531. The first-order chi connectivity index (χ1) is 7.13. The monoisotopic (exact) mass is 214 g/mol. The number of H-pyrrole nitrogens is 1. The lowest BCUT2D eigenvalue weighted by Gasteiger charge is -2.00. The van der Waals surface area contributed by atoms with Gasteiger partial charge < -0.3 is 4.98 Å². The van der Waals surface area contributed by atoms with Crippen molar-refractivity contribution in [3.8, 4) is 0 Å². The first-order valence-corrected chi connectivity index (χ1v) is 3.92. The lowest BCUT2D eigenvalue weighted by Crippen LogP contribution is -2.36. The summed E-state index contributed by atoms with van der Waals surface area (Å²) in [6.07, 6.45) is 1.39. The minimum atomic E-state index is -0.371. The topological polar surface area (TPSA) is 113 Å². The molecule has 8 nitrogen and oxygen atoms in total. The molecule has 82 valence electrons. The second kappa shape index (κ2) is 4.07. The van der Waals surface area contributed by atoms with Crippen molar-refractivity contribution in [2.75, 3.05) is 0 Å². The third-order valence-electron chi connectivity index (χ3n) is 2.03. The second-order valence-corrected chi connectivity index (χ2v) is 2.81. The zero-order chi connectivity index (χ0) is 11.6. The summed E-state index contributed by atoms with van der Waals surface area (Å²) >= 11 is 0. The lowest BCUT2D eigenvalue weighted by molar-refractivity contribution is -0.176. The molecule has 0 saturated carbocycles. The largest absolute Gasteiger partial charge is 0.339 e. The Labute approximate surface area is 83.0 Å². The highest BCUT2D eigenvalue weighted by Crippen LogP contribution is 1.97. The predicted octanol–water partition coefficient (Wildman–Crippen LogP) is -1.02. The van der Waals surface area contributed by atoms with E-state index in [1.165, 1.54) is 17.9 Å². The molecule has 0 atom stereocenters. The van der Waals surface area contributed by atoms with Gasteiger partial charge in [-0.1, -0.05) is 0 Å². The summed E-state index contributed by atoms with van der Waals surface area (Å²) in [4.78, 5) is 29.4. The fourth-order valence-electron chi connectivity index (χ4n) is 1.27. The number of nitrogens with one attached hydrogen (secondary N) is 1. The maximum Gasteiger partial charge on any atom is 0.332 e. The van der Waals surface area contributed by atoms with Crippen LogP contribution in [0.25, 0.3) is 11.2 Å². The van der Waals surface area contributed by atoms with E-state index in [1.54, 1.807) is 7.05 Å². The number of aromatic nitrogens is 4. The van der Waals surface area contributed by atoms with E-state index < -0.39 is 0 Å². The zero-order valence-corrected chi connectivity index (χ0v) is 8.13. The van der Waals surface area contributed by atoms with Crippen LogP contribution in [0.5, 0.6) is 0 Å². The van der Waals surface area contributed by atoms with Crippen molar-refractivity contribution in [1.29, 1.82) is 0 Å². The van der Waals surface area contributed by atoms with E-state index in [-0.39, 0.29) is 11.2 Å². The molecule has 0 spiro atoms. The Morgan fingerprint density at radius 3 is 2.47 bits per heavy atom. The van der Waals surface area contributed by atoms with Gasteiger partial charge in [-0.05, 0) is 0 Å². The van der Waals surface area contributed by atoms with Crippen molar-refractivity contribution >= 4 is 11.2 Å². The van der Waals surface area contributed by atoms with E-state index in [4.69, 9.17) is 10.5 Å². The number of fused-ring (bicyclic) bond motifs is 1. The molecule has 0 amide bonds. The van der Waals surface area contributed by atoms with Crippen LogP contribution in [0.2, 0.25) is 0 Å². The zero-order valence-electron chi connectivity index (χ0n) is 8.13. The minimum Gasteiger partial charge on any atom is -0.339 e. The van der Waals surface area contributed by atoms with E-state index in [1.807, 2.05) is 0 Å². The molecule has 0 saturated heterocycles. The Morgan fingerprint density at radius 2 is 1.87 bits per heavy atom. The Morgan fingerprint density at radius 1 is 1.27 bits per heavy atom. The summed E-state index contributed by atoms with van der Waals surface area (Å²) in [6, 6.07) is 0. The van der Waals surface area contributed by atoms with Crippen LogP contribution in [0.15, 0.2) is 15.9 Å². The number of imidazole rings is 1. The van der Waals surface area contributed by atoms with E-state index >= 15 is 0 Å². The molecule has 0 unspecified atom stereocenters. The van der Waals surface area contributed by atoms with Crippen molar-refractivity contribution in [2.24, 2.45) is 14.1 Å². The highest BCUT2D eigenvalue weighted by Gasteiger charge is 2.08. The van der Waals surface area contributed by atoms with Gasteiger partial charge >= 0.3 is 5.69 Å². The third-order valence-corrected chi connectivity index (χ3v) is 2.03. The molecule has 0 aromatic carbocycles. The van der Waals surface area contributed by atoms with Crippen molar-refractivity contribution in [2.45, 2.75) is 0 Å². The van der Waals surface area contributed by atoms with Crippen LogP contribution in [0, 0.1) is 0 Å². The van der Waals surface area contributed by atoms with Gasteiger partial charge in [0.05, 0.1) is 6.33 Å². The number of aryl methyl sites for hydroxylation is 1. The van der Waals surface area contributed by atoms with Crippen LogP contribution < -0.4 is 11.2 Å². The number of hydrogen-bond donors (Lipinski definition) is 3. The number of aromatic amines is 1. The third kappa shape index (κ3) is 1.55. The molecular formula is C7H10N4O4. The highest BCUT2D eigenvalue weighted by molar-refractivity contribution is 5.68. The van der Waals surface area contributed by atoms with Crippen molar-refractivity contribution < 1.29 is 10.5 Å². The average Bonchev–Trinajstić information content (AvgIpc) is 2.75. The van der Waals surface area contributed by atoms with Crippen molar-refractivity contribution in [3.05, 3.63) is 27.2 Å². The van der Waals surface area contributed by atoms with Crippen LogP contribution in [-0.2, 0) is 14.1 Å². The minimum absolute atomic E-state index is 0.351. The van der Waals surface area contributed by atoms with Crippen molar-refractivity contribution in [1.82, 2.24) is 19.1 Å². The summed E-state index contributed by atoms with van der Waals surface area (Å²) in [5, 5.41) is 12.0. The molecular weight excluding hydrogens is 204 g/mol. The molecule has 0 radical (unpaired) electrons. The molecule has 3 N–H and O–H groups in total. The number of rotatable bonds is 0. The van der Waals surface area contributed by atoms with Gasteiger partial charge in [-0.3, -0.25) is 24.4 Å². The average molecular weight is 214 g/mol. The lowest BCUT2D eigenvalue weighted by atomic mass is 10.5. The fourth-order valence-corrected chi connectivity index (χ4v) is 1.27. The molecule has 15 heavy (non-hydrogen) atoms. The number of hydrogen-bond acceptors (Lipinski definition) is 5. The summed E-state index contributed by atoms with van der Waals surface area (Å²) in [6.45, 7) is 0. The first-order valence-electron chi connectivity index (χ1n) is 3.92. The summed E-state index contributed by atoms with van der Waals surface area (Å²) in [5.74, 6) is 0. The van der Waals surface area contributed by atoms with Gasteiger partial charge in [0.15, 0.2) is 5.65 Å². The molecule has 0 bridgehead atoms. The van der Waals surface area contributed by atoms with E-state index in [2.05, 4.69) is 9.97 Å². The second-order valence-electron chi connectivity index (χ2n) is 2.81. The van der Waals surface area contributed by atoms with Crippen LogP contribution >= 0.6 is 0 Å². The normalized spacial score (nSPS) is 9.87. The van der Waals surface area contributed by atoms with Crippen LogP contribution in [-0.4, -0.2) is 29.6 Å². The SMILES string of the molecule is Cn1c(=O)c2[nH]cnc2n(C)c1=O.OO. The first kappa shape index (κ1) is 11.1. The summed E-state index contributed by atoms with van der Waals surface area (Å²) in [7, 11) is 3.01. The molecule has 2 aromatic rings. The molecule has 0 aliphatic heterocycles. The van der Waals surface area contributed by atoms with Gasteiger partial charge in [-0.15, -0.1) is 0 Å². The summed E-state index contributed by atoms with van der Waals surface area (Å²) < 4.78 is 2.37. The standard InChI is InChI=1S/C7H8N4O2.H2O2/c1-10-5-4(8-3-9-5)6(12)11(2)7(10)13;1-2/h3H,1-2H3,(H,8,9);1-2H. The quantitative estimate of drug-likeness (QED) is 0.383. The molecule has 0 fully saturated rings. The van der Waals surface area contributed by atoms with Crippen LogP contribution in [0.4, 0.5) is 0 Å². The fraction of sp³-hybridized carbons (Fsp3) is 0.286. The Kier molecular flexibility index (Phi) is 3.02.